The summed E-state index contributed by atoms with van der Waals surface area (Å²) in [5.74, 6) is -1.18. The third-order valence-corrected chi connectivity index (χ3v) is 3.25. The quantitative estimate of drug-likeness (QED) is 0.893. The second-order valence-electron chi connectivity index (χ2n) is 6.04. The zero-order valence-electron chi connectivity index (χ0n) is 13.0. The number of amides is 1. The summed E-state index contributed by atoms with van der Waals surface area (Å²) < 4.78 is 6.68. The molecule has 8 heteroatoms. The van der Waals surface area contributed by atoms with Crippen LogP contribution in [0.15, 0.2) is 24.5 Å². The van der Waals surface area contributed by atoms with E-state index in [1.165, 1.54) is 0 Å². The number of alkyl carbamates (subject to hydrolysis) is 1. The summed E-state index contributed by atoms with van der Waals surface area (Å²) in [5.41, 5.74) is -0.159. The molecule has 23 heavy (non-hydrogen) atoms. The lowest BCUT2D eigenvalue weighted by molar-refractivity contribution is -0.139. The Kier molecular flexibility index (Phi) is 4.79. The van der Waals surface area contributed by atoms with Crippen LogP contribution in [0.5, 0.6) is 0 Å². The lowest BCUT2D eigenvalue weighted by atomic mass is 10.2. The molecule has 0 aliphatic carbocycles. The Morgan fingerprint density at radius 3 is 2.78 bits per heavy atom. The van der Waals surface area contributed by atoms with Crippen LogP contribution in [-0.2, 0) is 16.1 Å². The lowest BCUT2D eigenvalue weighted by Crippen LogP contribution is -2.45. The molecule has 124 valence electrons. The van der Waals surface area contributed by atoms with Gasteiger partial charge in [-0.25, -0.2) is 14.6 Å². The summed E-state index contributed by atoms with van der Waals surface area (Å²) in [4.78, 5) is 27.4. The fourth-order valence-electron chi connectivity index (χ4n) is 2.05. The number of fused-ring (bicyclic) bond motifs is 1. The monoisotopic (exact) mass is 339 g/mol. The molecule has 1 amide bonds. The van der Waals surface area contributed by atoms with Crippen LogP contribution in [0.1, 0.15) is 20.8 Å². The van der Waals surface area contributed by atoms with Gasteiger partial charge in [0.05, 0.1) is 11.6 Å². The molecule has 1 atom stereocenters. The molecule has 2 heterocycles. The number of pyridine rings is 1. The molecule has 2 N–H and O–H groups in total. The minimum atomic E-state index is -1.18. The highest BCUT2D eigenvalue weighted by Gasteiger charge is 2.25. The minimum Gasteiger partial charge on any atom is -0.480 e. The van der Waals surface area contributed by atoms with Gasteiger partial charge in [-0.15, -0.1) is 0 Å². The molecular weight excluding hydrogens is 322 g/mol. The first kappa shape index (κ1) is 17.1. The standard InChI is InChI=1S/C15H18ClN3O4/c1-15(2,3)23-14(22)18-11(13(20)21)8-19-7-10(16)9-5-4-6-17-12(9)19/h4-7,11H,8H2,1-3H3,(H,18,22)(H,20,21). The van der Waals surface area contributed by atoms with E-state index in [0.717, 1.165) is 5.39 Å². The molecular formula is C15H18ClN3O4. The highest BCUT2D eigenvalue weighted by Crippen LogP contribution is 2.24. The predicted molar refractivity (Wildman–Crippen MR) is 85.5 cm³/mol. The van der Waals surface area contributed by atoms with Crippen molar-refractivity contribution in [3.05, 3.63) is 29.5 Å². The first-order valence-corrected chi connectivity index (χ1v) is 7.37. The second kappa shape index (κ2) is 6.45. The average Bonchev–Trinajstić information content (AvgIpc) is 2.73. The Hall–Kier alpha value is -2.28. The first-order chi connectivity index (χ1) is 10.7. The van der Waals surface area contributed by atoms with Crippen molar-refractivity contribution >= 4 is 34.7 Å². The molecule has 0 saturated carbocycles. The Balaban J connectivity index is 2.19. The van der Waals surface area contributed by atoms with E-state index in [4.69, 9.17) is 16.3 Å². The van der Waals surface area contributed by atoms with Crippen LogP contribution in [-0.4, -0.2) is 38.4 Å². The number of hydrogen-bond acceptors (Lipinski definition) is 4. The fraction of sp³-hybridized carbons (Fsp3) is 0.400. The van der Waals surface area contributed by atoms with Crippen molar-refractivity contribution in [2.24, 2.45) is 0 Å². The van der Waals surface area contributed by atoms with E-state index in [1.54, 1.807) is 49.9 Å². The van der Waals surface area contributed by atoms with Crippen molar-refractivity contribution in [2.75, 3.05) is 0 Å². The summed E-state index contributed by atoms with van der Waals surface area (Å²) in [7, 11) is 0. The molecule has 2 rings (SSSR count). The largest absolute Gasteiger partial charge is 0.480 e. The second-order valence-corrected chi connectivity index (χ2v) is 6.45. The maximum atomic E-state index is 11.8. The molecule has 1 unspecified atom stereocenters. The molecule has 0 fully saturated rings. The van der Waals surface area contributed by atoms with Gasteiger partial charge in [-0.05, 0) is 32.9 Å². The number of ether oxygens (including phenoxy) is 1. The Bertz CT molecular complexity index is 736. The van der Waals surface area contributed by atoms with Crippen LogP contribution in [0.25, 0.3) is 11.0 Å². The van der Waals surface area contributed by atoms with Gasteiger partial charge in [0.25, 0.3) is 0 Å². The lowest BCUT2D eigenvalue weighted by Gasteiger charge is -2.22. The van der Waals surface area contributed by atoms with Crippen LogP contribution in [0.2, 0.25) is 5.02 Å². The Morgan fingerprint density at radius 2 is 2.17 bits per heavy atom. The van der Waals surface area contributed by atoms with Gasteiger partial charge in [-0.2, -0.15) is 0 Å². The van der Waals surface area contributed by atoms with Crippen LogP contribution < -0.4 is 5.32 Å². The number of aliphatic carboxylic acids is 1. The number of carbonyl (C=O) groups excluding carboxylic acids is 1. The van der Waals surface area contributed by atoms with E-state index in [2.05, 4.69) is 10.3 Å². The van der Waals surface area contributed by atoms with Crippen molar-refractivity contribution in [1.29, 1.82) is 0 Å². The van der Waals surface area contributed by atoms with Crippen molar-refractivity contribution in [1.82, 2.24) is 14.9 Å². The number of nitrogens with zero attached hydrogens (tertiary/aromatic N) is 2. The number of hydrogen-bond donors (Lipinski definition) is 2. The summed E-state index contributed by atoms with van der Waals surface area (Å²) in [6.45, 7) is 5.08. The van der Waals surface area contributed by atoms with E-state index in [-0.39, 0.29) is 6.54 Å². The summed E-state index contributed by atoms with van der Waals surface area (Å²) >= 11 is 6.11. The molecule has 0 aliphatic rings. The zero-order chi connectivity index (χ0) is 17.2. The SMILES string of the molecule is CC(C)(C)OC(=O)NC(Cn1cc(Cl)c2cccnc21)C(=O)O. The molecule has 2 aromatic rings. The van der Waals surface area contributed by atoms with E-state index >= 15 is 0 Å². The minimum absolute atomic E-state index is 0.0190. The van der Waals surface area contributed by atoms with Crippen LogP contribution in [0.4, 0.5) is 4.79 Å². The maximum absolute atomic E-state index is 11.8. The molecule has 0 spiro atoms. The number of carbonyl (C=O) groups is 2. The third kappa shape index (κ3) is 4.35. The van der Waals surface area contributed by atoms with Crippen molar-refractivity contribution in [2.45, 2.75) is 39.0 Å². The highest BCUT2D eigenvalue weighted by molar-refractivity contribution is 6.35. The van der Waals surface area contributed by atoms with Crippen LogP contribution in [0, 0.1) is 0 Å². The van der Waals surface area contributed by atoms with Gasteiger partial charge < -0.3 is 19.7 Å². The van der Waals surface area contributed by atoms with Gasteiger partial charge in [-0.3, -0.25) is 0 Å². The van der Waals surface area contributed by atoms with Gasteiger partial charge >= 0.3 is 12.1 Å². The number of rotatable bonds is 4. The molecule has 0 aliphatic heterocycles. The Morgan fingerprint density at radius 1 is 1.48 bits per heavy atom. The molecule has 0 aromatic carbocycles. The van der Waals surface area contributed by atoms with Crippen molar-refractivity contribution in [3.8, 4) is 0 Å². The first-order valence-electron chi connectivity index (χ1n) is 6.99. The van der Waals surface area contributed by atoms with Gasteiger partial charge in [0.15, 0.2) is 0 Å². The molecule has 0 bridgehead atoms. The van der Waals surface area contributed by atoms with Crippen LogP contribution >= 0.6 is 11.6 Å². The van der Waals surface area contributed by atoms with E-state index in [1.807, 2.05) is 0 Å². The van der Waals surface area contributed by atoms with E-state index in [0.29, 0.717) is 10.7 Å². The molecule has 0 saturated heterocycles. The number of nitrogens with one attached hydrogen (secondary N) is 1. The topological polar surface area (TPSA) is 93.5 Å². The number of halogens is 1. The van der Waals surface area contributed by atoms with Crippen molar-refractivity contribution in [3.63, 3.8) is 0 Å². The molecule has 7 nitrogen and oxygen atoms in total. The summed E-state index contributed by atoms with van der Waals surface area (Å²) in [6.07, 6.45) is 2.39. The number of carboxylic acid groups (broad SMARTS) is 1. The Labute approximate surface area is 138 Å². The van der Waals surface area contributed by atoms with Crippen LogP contribution in [0.3, 0.4) is 0 Å². The van der Waals surface area contributed by atoms with Gasteiger partial charge in [0.2, 0.25) is 0 Å². The zero-order valence-corrected chi connectivity index (χ0v) is 13.8. The highest BCUT2D eigenvalue weighted by atomic mass is 35.5. The maximum Gasteiger partial charge on any atom is 0.408 e. The summed E-state index contributed by atoms with van der Waals surface area (Å²) in [6, 6.07) is 2.36. The fourth-order valence-corrected chi connectivity index (χ4v) is 2.32. The van der Waals surface area contributed by atoms with Gasteiger partial charge in [-0.1, -0.05) is 11.6 Å². The number of carboxylic acids is 1. The van der Waals surface area contributed by atoms with E-state index < -0.39 is 23.7 Å². The smallest absolute Gasteiger partial charge is 0.408 e. The van der Waals surface area contributed by atoms with Gasteiger partial charge in [0, 0.05) is 17.8 Å². The molecule has 0 radical (unpaired) electrons. The van der Waals surface area contributed by atoms with E-state index in [9.17, 15) is 14.7 Å². The van der Waals surface area contributed by atoms with Crippen molar-refractivity contribution < 1.29 is 19.4 Å². The summed E-state index contributed by atoms with van der Waals surface area (Å²) in [5, 5.41) is 12.9. The van der Waals surface area contributed by atoms with Gasteiger partial charge in [0.1, 0.15) is 17.3 Å². The predicted octanol–water partition coefficient (Wildman–Crippen LogP) is 2.67. The average molecular weight is 340 g/mol. The normalized spacial score (nSPS) is 12.9. The molecule has 2 aromatic heterocycles. The number of aromatic nitrogens is 2. The third-order valence-electron chi connectivity index (χ3n) is 2.95.